The van der Waals surface area contributed by atoms with Crippen molar-refractivity contribution in [2.75, 3.05) is 0 Å². The Morgan fingerprint density at radius 3 is 2.60 bits per heavy atom. The topological polar surface area (TPSA) is 94.9 Å². The molecule has 2 heterocycles. The van der Waals surface area contributed by atoms with Crippen molar-refractivity contribution in [3.05, 3.63) is 47.6 Å². The molecule has 7 heteroatoms. The highest BCUT2D eigenvalue weighted by Crippen LogP contribution is 2.35. The molecule has 0 saturated carbocycles. The number of para-hydroxylation sites is 1. The molecule has 3 rings (SSSR count). The summed E-state index contributed by atoms with van der Waals surface area (Å²) in [5, 5.41) is 5.39. The Morgan fingerprint density at radius 1 is 1.24 bits per heavy atom. The summed E-state index contributed by atoms with van der Waals surface area (Å²) in [4.78, 5) is 20.9. The summed E-state index contributed by atoms with van der Waals surface area (Å²) >= 11 is 1.45. The number of thioether (sulfide) groups is 1. The van der Waals surface area contributed by atoms with Gasteiger partial charge in [0.05, 0.1) is 21.4 Å². The fourth-order valence-corrected chi connectivity index (χ4v) is 3.25. The average molecular weight is 356 g/mol. The van der Waals surface area contributed by atoms with Gasteiger partial charge in [-0.1, -0.05) is 55.9 Å². The number of carbonyl (C=O) groups excluding carboxylic acids is 1. The first-order chi connectivity index (χ1) is 11.8. The van der Waals surface area contributed by atoms with E-state index in [0.29, 0.717) is 22.3 Å². The third kappa shape index (κ3) is 3.66. The Morgan fingerprint density at radius 2 is 1.96 bits per heavy atom. The van der Waals surface area contributed by atoms with Gasteiger partial charge in [0, 0.05) is 10.8 Å². The summed E-state index contributed by atoms with van der Waals surface area (Å²) in [7, 11) is 0. The Balaban J connectivity index is 1.92. The second-order valence-electron chi connectivity index (χ2n) is 6.86. The molecule has 0 saturated heterocycles. The van der Waals surface area contributed by atoms with E-state index in [2.05, 4.69) is 15.1 Å². The van der Waals surface area contributed by atoms with Crippen molar-refractivity contribution in [1.29, 1.82) is 0 Å². The summed E-state index contributed by atoms with van der Waals surface area (Å²) in [6.45, 7) is 8.06. The minimum atomic E-state index is -0.471. The SMILES string of the molecule is C[C@@H](Sc1cc(C(N)=O)c2ccccc2n1)c1nc(C(C)(C)C)no1. The Hall–Kier alpha value is -2.41. The number of aromatic nitrogens is 3. The lowest BCUT2D eigenvalue weighted by molar-refractivity contribution is 0.100. The van der Waals surface area contributed by atoms with Gasteiger partial charge in [-0.15, -0.1) is 0 Å². The van der Waals surface area contributed by atoms with Crippen LogP contribution < -0.4 is 5.73 Å². The van der Waals surface area contributed by atoms with E-state index in [1.165, 1.54) is 11.8 Å². The number of pyridine rings is 1. The maximum atomic E-state index is 11.8. The molecule has 0 aliphatic heterocycles. The summed E-state index contributed by atoms with van der Waals surface area (Å²) < 4.78 is 5.39. The highest BCUT2D eigenvalue weighted by Gasteiger charge is 2.24. The minimum Gasteiger partial charge on any atom is -0.366 e. The van der Waals surface area contributed by atoms with Crippen LogP contribution in [0.5, 0.6) is 0 Å². The van der Waals surface area contributed by atoms with Gasteiger partial charge in [-0.3, -0.25) is 4.79 Å². The second-order valence-corrected chi connectivity index (χ2v) is 8.22. The monoisotopic (exact) mass is 356 g/mol. The van der Waals surface area contributed by atoms with Crippen molar-refractivity contribution in [2.24, 2.45) is 5.73 Å². The largest absolute Gasteiger partial charge is 0.366 e. The zero-order chi connectivity index (χ0) is 18.2. The summed E-state index contributed by atoms with van der Waals surface area (Å²) in [5.74, 6) is 0.727. The van der Waals surface area contributed by atoms with Crippen molar-refractivity contribution in [1.82, 2.24) is 15.1 Å². The number of rotatable bonds is 4. The molecule has 0 bridgehead atoms. The van der Waals surface area contributed by atoms with E-state index in [1.54, 1.807) is 6.07 Å². The van der Waals surface area contributed by atoms with E-state index in [0.717, 1.165) is 10.9 Å². The van der Waals surface area contributed by atoms with Gasteiger partial charge in [0.25, 0.3) is 0 Å². The first kappa shape index (κ1) is 17.4. The first-order valence-corrected chi connectivity index (χ1v) is 8.84. The van der Waals surface area contributed by atoms with Gasteiger partial charge in [-0.25, -0.2) is 4.98 Å². The number of hydrogen-bond acceptors (Lipinski definition) is 6. The third-order valence-corrected chi connectivity index (χ3v) is 4.72. The van der Waals surface area contributed by atoms with Gasteiger partial charge in [0.15, 0.2) is 5.82 Å². The number of carbonyl (C=O) groups is 1. The van der Waals surface area contributed by atoms with Crippen molar-refractivity contribution < 1.29 is 9.32 Å². The Kier molecular flexibility index (Phi) is 4.51. The van der Waals surface area contributed by atoms with Gasteiger partial charge >= 0.3 is 0 Å². The van der Waals surface area contributed by atoms with Crippen molar-refractivity contribution in [3.63, 3.8) is 0 Å². The number of benzene rings is 1. The molecule has 1 atom stereocenters. The molecule has 130 valence electrons. The van der Waals surface area contributed by atoms with E-state index in [-0.39, 0.29) is 10.7 Å². The number of hydrogen-bond donors (Lipinski definition) is 1. The van der Waals surface area contributed by atoms with Gasteiger partial charge in [-0.2, -0.15) is 4.98 Å². The molecule has 3 aromatic rings. The molecule has 2 N–H and O–H groups in total. The molecular weight excluding hydrogens is 336 g/mol. The molecule has 1 aromatic carbocycles. The van der Waals surface area contributed by atoms with Crippen LogP contribution in [-0.4, -0.2) is 21.0 Å². The Labute approximate surface area is 150 Å². The summed E-state index contributed by atoms with van der Waals surface area (Å²) in [6.07, 6.45) is 0. The van der Waals surface area contributed by atoms with E-state index in [1.807, 2.05) is 52.0 Å². The first-order valence-electron chi connectivity index (χ1n) is 7.96. The van der Waals surface area contributed by atoms with Gasteiger partial charge < -0.3 is 10.3 Å². The van der Waals surface area contributed by atoms with Crippen LogP contribution in [0.3, 0.4) is 0 Å². The van der Waals surface area contributed by atoms with Crippen LogP contribution in [0.1, 0.15) is 55.0 Å². The molecule has 25 heavy (non-hydrogen) atoms. The number of fused-ring (bicyclic) bond motifs is 1. The van der Waals surface area contributed by atoms with Crippen LogP contribution in [0, 0.1) is 0 Å². The fourth-order valence-electron chi connectivity index (χ4n) is 2.35. The van der Waals surface area contributed by atoms with E-state index < -0.39 is 5.91 Å². The molecular formula is C18H20N4O2S. The normalized spacial score (nSPS) is 13.1. The highest BCUT2D eigenvalue weighted by atomic mass is 32.2. The maximum Gasteiger partial charge on any atom is 0.249 e. The molecule has 0 aliphatic rings. The van der Waals surface area contributed by atoms with Crippen LogP contribution in [0.15, 0.2) is 39.9 Å². The molecule has 0 fully saturated rings. The smallest absolute Gasteiger partial charge is 0.249 e. The van der Waals surface area contributed by atoms with Crippen LogP contribution in [-0.2, 0) is 5.41 Å². The van der Waals surface area contributed by atoms with Gasteiger partial charge in [-0.05, 0) is 19.1 Å². The van der Waals surface area contributed by atoms with Crippen LogP contribution in [0.4, 0.5) is 0 Å². The van der Waals surface area contributed by atoms with Crippen molar-refractivity contribution in [2.45, 2.75) is 43.4 Å². The Bertz CT molecular complexity index is 930. The number of primary amides is 1. The summed E-state index contributed by atoms with van der Waals surface area (Å²) in [6, 6.07) is 9.16. The number of nitrogens with zero attached hydrogens (tertiary/aromatic N) is 3. The van der Waals surface area contributed by atoms with Crippen LogP contribution in [0.2, 0.25) is 0 Å². The van der Waals surface area contributed by atoms with Gasteiger partial charge in [0.1, 0.15) is 0 Å². The minimum absolute atomic E-state index is 0.0991. The zero-order valence-corrected chi connectivity index (χ0v) is 15.4. The quantitative estimate of drug-likeness (QED) is 0.713. The highest BCUT2D eigenvalue weighted by molar-refractivity contribution is 7.99. The lowest BCUT2D eigenvalue weighted by Crippen LogP contribution is -2.13. The molecule has 0 spiro atoms. The molecule has 1 amide bonds. The predicted octanol–water partition coefficient (Wildman–Crippen LogP) is 3.87. The zero-order valence-electron chi connectivity index (χ0n) is 14.6. The maximum absolute atomic E-state index is 11.8. The molecule has 0 aliphatic carbocycles. The van der Waals surface area contributed by atoms with E-state index >= 15 is 0 Å². The molecule has 6 nitrogen and oxygen atoms in total. The predicted molar refractivity (Wildman–Crippen MR) is 97.5 cm³/mol. The lowest BCUT2D eigenvalue weighted by atomic mass is 9.96. The van der Waals surface area contributed by atoms with Crippen LogP contribution in [0.25, 0.3) is 10.9 Å². The second kappa shape index (κ2) is 6.48. The fraction of sp³-hybridized carbons (Fsp3) is 0.333. The summed E-state index contributed by atoms with van der Waals surface area (Å²) in [5.41, 5.74) is 6.54. The molecule has 0 radical (unpaired) electrons. The van der Waals surface area contributed by atoms with Crippen LogP contribution >= 0.6 is 11.8 Å². The van der Waals surface area contributed by atoms with E-state index in [9.17, 15) is 4.79 Å². The standard InChI is InChI=1S/C18H20N4O2S/c1-10(16-21-17(22-24-16)18(2,3)4)25-14-9-12(15(19)23)11-7-5-6-8-13(11)20-14/h5-10H,1-4H3,(H2,19,23)/t10-/m1/s1. The number of amides is 1. The third-order valence-electron chi connectivity index (χ3n) is 3.72. The average Bonchev–Trinajstić information content (AvgIpc) is 3.04. The molecule has 0 unspecified atom stereocenters. The van der Waals surface area contributed by atoms with E-state index in [4.69, 9.17) is 10.3 Å². The van der Waals surface area contributed by atoms with Gasteiger partial charge in [0.2, 0.25) is 11.8 Å². The van der Waals surface area contributed by atoms with Crippen molar-refractivity contribution >= 4 is 28.6 Å². The van der Waals surface area contributed by atoms with Crippen molar-refractivity contribution in [3.8, 4) is 0 Å². The number of nitrogens with two attached hydrogens (primary N) is 1. The lowest BCUT2D eigenvalue weighted by Gasteiger charge is -2.11. The molecule has 2 aromatic heterocycles.